The number of hydrogen-bond acceptors (Lipinski definition) is 2. The number of halogens is 3. The molecule has 0 aromatic heterocycles. The van der Waals surface area contributed by atoms with E-state index in [1.54, 1.807) is 0 Å². The summed E-state index contributed by atoms with van der Waals surface area (Å²) in [6.07, 6.45) is -0.298. The van der Waals surface area contributed by atoms with Gasteiger partial charge in [0, 0.05) is 6.04 Å². The van der Waals surface area contributed by atoms with Gasteiger partial charge in [-0.3, -0.25) is 0 Å². The van der Waals surface area contributed by atoms with Gasteiger partial charge in [0.15, 0.2) is 0 Å². The maximum Gasteiger partial charge on any atom is 0.141 e. The molecule has 0 spiro atoms. The zero-order chi connectivity index (χ0) is 13.2. The molecule has 0 heterocycles. The van der Waals surface area contributed by atoms with E-state index in [0.717, 1.165) is 0 Å². The van der Waals surface area contributed by atoms with Gasteiger partial charge in [-0.25, -0.2) is 4.39 Å². The van der Waals surface area contributed by atoms with E-state index in [1.165, 1.54) is 18.2 Å². The lowest BCUT2D eigenvalue weighted by atomic mass is 9.83. The van der Waals surface area contributed by atoms with Crippen molar-refractivity contribution in [2.75, 3.05) is 0 Å². The molecular formula is C13H20Cl2FNO. The summed E-state index contributed by atoms with van der Waals surface area (Å²) in [5, 5.41) is 10.0. The Morgan fingerprint density at radius 1 is 1.39 bits per heavy atom. The van der Waals surface area contributed by atoms with Crippen molar-refractivity contribution in [3.8, 4) is 0 Å². The SMILES string of the molecule is CC(C)(C)[C@@H](N)C[C@H](O)c1ccc(F)c(Cl)c1.Cl. The Morgan fingerprint density at radius 3 is 2.39 bits per heavy atom. The highest BCUT2D eigenvalue weighted by atomic mass is 35.5. The van der Waals surface area contributed by atoms with Crippen LogP contribution < -0.4 is 5.73 Å². The van der Waals surface area contributed by atoms with Crippen molar-refractivity contribution in [3.63, 3.8) is 0 Å². The first kappa shape index (κ1) is 17.6. The summed E-state index contributed by atoms with van der Waals surface area (Å²) in [5.41, 5.74) is 6.50. The first-order chi connectivity index (χ1) is 7.71. The van der Waals surface area contributed by atoms with Crippen molar-refractivity contribution in [2.24, 2.45) is 11.1 Å². The number of nitrogens with two attached hydrogens (primary N) is 1. The van der Waals surface area contributed by atoms with Crippen molar-refractivity contribution >= 4 is 24.0 Å². The summed E-state index contributed by atoms with van der Waals surface area (Å²) < 4.78 is 13.0. The number of aliphatic hydroxyl groups excluding tert-OH is 1. The van der Waals surface area contributed by atoms with Crippen molar-refractivity contribution in [3.05, 3.63) is 34.6 Å². The quantitative estimate of drug-likeness (QED) is 0.893. The summed E-state index contributed by atoms with van der Waals surface area (Å²) in [6.45, 7) is 6.05. The zero-order valence-electron chi connectivity index (χ0n) is 10.8. The van der Waals surface area contributed by atoms with Crippen LogP contribution in [0.5, 0.6) is 0 Å². The van der Waals surface area contributed by atoms with Crippen molar-refractivity contribution in [1.82, 2.24) is 0 Å². The number of benzene rings is 1. The van der Waals surface area contributed by atoms with Gasteiger partial charge in [-0.2, -0.15) is 0 Å². The molecule has 2 atom stereocenters. The Bertz CT molecular complexity index is 393. The monoisotopic (exact) mass is 295 g/mol. The molecule has 104 valence electrons. The topological polar surface area (TPSA) is 46.2 Å². The number of hydrogen-bond donors (Lipinski definition) is 2. The minimum Gasteiger partial charge on any atom is -0.388 e. The highest BCUT2D eigenvalue weighted by molar-refractivity contribution is 6.30. The van der Waals surface area contributed by atoms with Gasteiger partial charge >= 0.3 is 0 Å². The maximum absolute atomic E-state index is 13.0. The molecule has 0 aliphatic rings. The summed E-state index contributed by atoms with van der Waals surface area (Å²) in [6, 6.07) is 4.09. The normalized spacial score (nSPS) is 14.8. The highest BCUT2D eigenvalue weighted by Crippen LogP contribution is 2.28. The summed E-state index contributed by atoms with van der Waals surface area (Å²) in [5.74, 6) is -0.484. The second-order valence-electron chi connectivity index (χ2n) is 5.40. The molecular weight excluding hydrogens is 276 g/mol. The molecule has 1 aromatic carbocycles. The van der Waals surface area contributed by atoms with E-state index in [1.807, 2.05) is 20.8 Å². The van der Waals surface area contributed by atoms with E-state index in [2.05, 4.69) is 0 Å². The van der Waals surface area contributed by atoms with Gasteiger partial charge in [0.1, 0.15) is 5.82 Å². The lowest BCUT2D eigenvalue weighted by molar-refractivity contribution is 0.133. The van der Waals surface area contributed by atoms with Gasteiger partial charge in [-0.05, 0) is 29.5 Å². The van der Waals surface area contributed by atoms with E-state index >= 15 is 0 Å². The minimum atomic E-state index is -0.720. The first-order valence-corrected chi connectivity index (χ1v) is 5.98. The molecule has 0 unspecified atom stereocenters. The fourth-order valence-corrected chi connectivity index (χ4v) is 1.64. The fraction of sp³-hybridized carbons (Fsp3) is 0.538. The summed E-state index contributed by atoms with van der Waals surface area (Å²) in [7, 11) is 0. The molecule has 0 bridgehead atoms. The molecule has 0 aliphatic carbocycles. The van der Waals surface area contributed by atoms with Crippen LogP contribution in [-0.4, -0.2) is 11.1 Å². The number of rotatable bonds is 3. The highest BCUT2D eigenvalue weighted by Gasteiger charge is 2.24. The first-order valence-electron chi connectivity index (χ1n) is 5.60. The summed E-state index contributed by atoms with van der Waals surface area (Å²) in [4.78, 5) is 0. The lowest BCUT2D eigenvalue weighted by Gasteiger charge is -2.29. The molecule has 1 rings (SSSR count). The van der Waals surface area contributed by atoms with Crippen molar-refractivity contribution in [2.45, 2.75) is 39.3 Å². The predicted molar refractivity (Wildman–Crippen MR) is 75.7 cm³/mol. The van der Waals surface area contributed by atoms with Crippen LogP contribution in [-0.2, 0) is 0 Å². The van der Waals surface area contributed by atoms with Crippen LogP contribution in [0.25, 0.3) is 0 Å². The van der Waals surface area contributed by atoms with Crippen LogP contribution in [0.4, 0.5) is 4.39 Å². The fourth-order valence-electron chi connectivity index (χ4n) is 1.45. The molecule has 0 amide bonds. The van der Waals surface area contributed by atoms with Gasteiger partial charge in [0.05, 0.1) is 11.1 Å². The number of aliphatic hydroxyl groups is 1. The van der Waals surface area contributed by atoms with Gasteiger partial charge in [-0.1, -0.05) is 38.4 Å². The van der Waals surface area contributed by atoms with Crippen LogP contribution >= 0.6 is 24.0 Å². The largest absolute Gasteiger partial charge is 0.388 e. The maximum atomic E-state index is 13.0. The molecule has 0 aliphatic heterocycles. The van der Waals surface area contributed by atoms with Crippen LogP contribution in [0.3, 0.4) is 0 Å². The third-order valence-corrected chi connectivity index (χ3v) is 3.21. The van der Waals surface area contributed by atoms with Crippen molar-refractivity contribution < 1.29 is 9.50 Å². The Hall–Kier alpha value is -0.350. The van der Waals surface area contributed by atoms with Gasteiger partial charge in [-0.15, -0.1) is 12.4 Å². The molecule has 3 N–H and O–H groups in total. The smallest absolute Gasteiger partial charge is 0.141 e. The second kappa shape index (κ2) is 6.71. The Labute approximate surface area is 119 Å². The van der Waals surface area contributed by atoms with E-state index in [9.17, 15) is 9.50 Å². The lowest BCUT2D eigenvalue weighted by Crippen LogP contribution is -2.36. The average molecular weight is 296 g/mol. The van der Waals surface area contributed by atoms with E-state index in [-0.39, 0.29) is 28.9 Å². The van der Waals surface area contributed by atoms with Gasteiger partial charge in [0.25, 0.3) is 0 Å². The van der Waals surface area contributed by atoms with Crippen LogP contribution in [0, 0.1) is 11.2 Å². The Morgan fingerprint density at radius 2 is 1.94 bits per heavy atom. The van der Waals surface area contributed by atoms with Gasteiger partial charge in [0.2, 0.25) is 0 Å². The Kier molecular flexibility index (Phi) is 6.58. The molecule has 5 heteroatoms. The van der Waals surface area contributed by atoms with Crippen molar-refractivity contribution in [1.29, 1.82) is 0 Å². The predicted octanol–water partition coefficient (Wildman–Crippen LogP) is 3.70. The third kappa shape index (κ3) is 4.73. The standard InChI is InChI=1S/C13H19ClFNO.ClH/c1-13(2,3)12(16)7-11(17)8-4-5-10(15)9(14)6-8;/h4-6,11-12,17H,7,16H2,1-3H3;1H/t11-,12-;/m0./s1. The van der Waals surface area contributed by atoms with E-state index < -0.39 is 11.9 Å². The molecule has 0 fully saturated rings. The molecule has 18 heavy (non-hydrogen) atoms. The molecule has 0 radical (unpaired) electrons. The third-order valence-electron chi connectivity index (χ3n) is 2.92. The van der Waals surface area contributed by atoms with E-state index in [4.69, 9.17) is 17.3 Å². The van der Waals surface area contributed by atoms with Crippen LogP contribution in [0.15, 0.2) is 18.2 Å². The molecule has 2 nitrogen and oxygen atoms in total. The molecule has 0 saturated heterocycles. The average Bonchev–Trinajstić information content (AvgIpc) is 2.20. The second-order valence-corrected chi connectivity index (χ2v) is 5.80. The minimum absolute atomic E-state index is 0. The van der Waals surface area contributed by atoms with Crippen LogP contribution in [0.1, 0.15) is 38.9 Å². The Balaban J connectivity index is 0.00000289. The summed E-state index contributed by atoms with van der Waals surface area (Å²) >= 11 is 5.67. The van der Waals surface area contributed by atoms with Gasteiger partial charge < -0.3 is 10.8 Å². The molecule has 0 saturated carbocycles. The zero-order valence-corrected chi connectivity index (χ0v) is 12.4. The van der Waals surface area contributed by atoms with E-state index in [0.29, 0.717) is 12.0 Å². The molecule has 1 aromatic rings. The van der Waals surface area contributed by atoms with Crippen LogP contribution in [0.2, 0.25) is 5.02 Å².